The maximum absolute atomic E-state index is 12.0. The van der Waals surface area contributed by atoms with Gasteiger partial charge in [-0.2, -0.15) is 5.10 Å². The third-order valence-electron chi connectivity index (χ3n) is 3.16. The summed E-state index contributed by atoms with van der Waals surface area (Å²) < 4.78 is 0. The van der Waals surface area contributed by atoms with E-state index in [0.717, 1.165) is 16.9 Å². The molecule has 0 fully saturated rings. The number of hydrogen-bond acceptors (Lipinski definition) is 4. The molecular weight excluding hydrogens is 310 g/mol. The van der Waals surface area contributed by atoms with Gasteiger partial charge in [-0.1, -0.05) is 6.92 Å². The molecule has 0 spiro atoms. The van der Waals surface area contributed by atoms with Gasteiger partial charge in [-0.25, -0.2) is 5.43 Å². The zero-order valence-electron chi connectivity index (χ0n) is 13.1. The first kappa shape index (κ1) is 16.9. The van der Waals surface area contributed by atoms with Crippen LogP contribution in [0.25, 0.3) is 0 Å². The first-order chi connectivity index (χ1) is 11.1. The lowest BCUT2D eigenvalue weighted by Crippen LogP contribution is -2.17. The quantitative estimate of drug-likeness (QED) is 0.628. The van der Waals surface area contributed by atoms with Crippen LogP contribution >= 0.6 is 11.3 Å². The topological polar surface area (TPSA) is 70.6 Å². The van der Waals surface area contributed by atoms with Gasteiger partial charge < -0.3 is 5.32 Å². The van der Waals surface area contributed by atoms with Crippen molar-refractivity contribution in [1.82, 2.24) is 5.43 Å². The minimum atomic E-state index is -0.290. The van der Waals surface area contributed by atoms with Gasteiger partial charge in [0.05, 0.1) is 6.21 Å². The van der Waals surface area contributed by atoms with E-state index in [4.69, 9.17) is 0 Å². The summed E-state index contributed by atoms with van der Waals surface area (Å²) in [4.78, 5) is 24.5. The molecule has 2 aromatic rings. The molecule has 2 rings (SSSR count). The van der Waals surface area contributed by atoms with Gasteiger partial charge in [0, 0.05) is 22.5 Å². The van der Waals surface area contributed by atoms with Crippen LogP contribution in [0.4, 0.5) is 5.69 Å². The van der Waals surface area contributed by atoms with Gasteiger partial charge in [0.15, 0.2) is 0 Å². The van der Waals surface area contributed by atoms with Crippen molar-refractivity contribution >= 4 is 35.1 Å². The van der Waals surface area contributed by atoms with Crippen molar-refractivity contribution < 1.29 is 9.59 Å². The average molecular weight is 329 g/mol. The SMILES string of the molecule is CCCC(=O)Nc1ccc(C(=O)N/N=C/c2sccc2C)cc1. The lowest BCUT2D eigenvalue weighted by Gasteiger charge is -2.05. The van der Waals surface area contributed by atoms with E-state index in [1.807, 2.05) is 25.3 Å². The number of hydrazone groups is 1. The van der Waals surface area contributed by atoms with E-state index >= 15 is 0 Å². The molecule has 1 aromatic carbocycles. The van der Waals surface area contributed by atoms with Gasteiger partial charge >= 0.3 is 0 Å². The number of hydrogen-bond donors (Lipinski definition) is 2. The molecular formula is C17H19N3O2S. The third-order valence-corrected chi connectivity index (χ3v) is 4.11. The highest BCUT2D eigenvalue weighted by Gasteiger charge is 2.05. The molecule has 0 radical (unpaired) electrons. The van der Waals surface area contributed by atoms with E-state index in [1.54, 1.807) is 41.8 Å². The number of carbonyl (C=O) groups is 2. The van der Waals surface area contributed by atoms with Crippen LogP contribution in [-0.4, -0.2) is 18.0 Å². The number of amides is 2. The molecule has 23 heavy (non-hydrogen) atoms. The molecule has 0 saturated heterocycles. The Balaban J connectivity index is 1.91. The first-order valence-corrected chi connectivity index (χ1v) is 8.25. The van der Waals surface area contributed by atoms with E-state index in [0.29, 0.717) is 17.7 Å². The summed E-state index contributed by atoms with van der Waals surface area (Å²) in [5.41, 5.74) is 4.78. The van der Waals surface area contributed by atoms with Crippen LogP contribution in [0.15, 0.2) is 40.8 Å². The fourth-order valence-corrected chi connectivity index (χ4v) is 2.67. The molecule has 2 amide bonds. The maximum Gasteiger partial charge on any atom is 0.271 e. The van der Waals surface area contributed by atoms with Crippen molar-refractivity contribution in [3.8, 4) is 0 Å². The third kappa shape index (κ3) is 5.03. The van der Waals surface area contributed by atoms with E-state index < -0.39 is 0 Å². The number of aryl methyl sites for hydroxylation is 1. The summed E-state index contributed by atoms with van der Waals surface area (Å²) in [6.45, 7) is 3.94. The number of rotatable bonds is 6. The Morgan fingerprint density at radius 3 is 2.57 bits per heavy atom. The molecule has 5 nitrogen and oxygen atoms in total. The molecule has 0 aliphatic rings. The van der Waals surface area contributed by atoms with Crippen molar-refractivity contribution in [2.45, 2.75) is 26.7 Å². The fraction of sp³-hybridized carbons (Fsp3) is 0.235. The highest BCUT2D eigenvalue weighted by Crippen LogP contribution is 2.13. The van der Waals surface area contributed by atoms with Crippen molar-refractivity contribution in [3.63, 3.8) is 0 Å². The fourth-order valence-electron chi connectivity index (χ4n) is 1.89. The Bertz CT molecular complexity index is 705. The Kier molecular flexibility index (Phi) is 6.05. The predicted octanol–water partition coefficient (Wildman–Crippen LogP) is 3.56. The molecule has 0 saturated carbocycles. The van der Waals surface area contributed by atoms with Crippen LogP contribution in [0.5, 0.6) is 0 Å². The van der Waals surface area contributed by atoms with Gasteiger partial charge in [0.25, 0.3) is 5.91 Å². The molecule has 1 heterocycles. The lowest BCUT2D eigenvalue weighted by atomic mass is 10.2. The van der Waals surface area contributed by atoms with E-state index in [9.17, 15) is 9.59 Å². The van der Waals surface area contributed by atoms with Crippen molar-refractivity contribution in [2.24, 2.45) is 5.10 Å². The molecule has 120 valence electrons. The van der Waals surface area contributed by atoms with E-state index in [2.05, 4.69) is 15.8 Å². The maximum atomic E-state index is 12.0. The first-order valence-electron chi connectivity index (χ1n) is 7.37. The molecule has 0 aliphatic heterocycles. The number of benzene rings is 1. The number of carbonyl (C=O) groups excluding carboxylic acids is 2. The molecule has 2 N–H and O–H groups in total. The second-order valence-electron chi connectivity index (χ2n) is 5.04. The molecule has 0 aliphatic carbocycles. The standard InChI is InChI=1S/C17H19N3O2S/c1-3-4-16(21)19-14-7-5-13(6-8-14)17(22)20-18-11-15-12(2)9-10-23-15/h5-11H,3-4H2,1-2H3,(H,19,21)(H,20,22)/b18-11+. The van der Waals surface area contributed by atoms with Gasteiger partial charge in [-0.05, 0) is 54.6 Å². The number of nitrogens with one attached hydrogen (secondary N) is 2. The Labute approximate surface area is 139 Å². The number of nitrogens with zero attached hydrogens (tertiary/aromatic N) is 1. The largest absolute Gasteiger partial charge is 0.326 e. The van der Waals surface area contributed by atoms with Crippen LogP contribution in [0.3, 0.4) is 0 Å². The van der Waals surface area contributed by atoms with Crippen molar-refractivity contribution in [2.75, 3.05) is 5.32 Å². The molecule has 0 unspecified atom stereocenters. The van der Waals surface area contributed by atoms with Crippen molar-refractivity contribution in [3.05, 3.63) is 51.7 Å². The van der Waals surface area contributed by atoms with Crippen LogP contribution in [0.1, 0.15) is 40.6 Å². The number of thiophene rings is 1. The second kappa shape index (κ2) is 8.24. The Morgan fingerprint density at radius 1 is 1.22 bits per heavy atom. The molecule has 1 aromatic heterocycles. The summed E-state index contributed by atoms with van der Waals surface area (Å²) in [6.07, 6.45) is 2.92. The Hall–Kier alpha value is -2.47. The van der Waals surface area contributed by atoms with E-state index in [-0.39, 0.29) is 11.8 Å². The summed E-state index contributed by atoms with van der Waals surface area (Å²) in [6, 6.07) is 8.72. The number of anilines is 1. The van der Waals surface area contributed by atoms with Gasteiger partial charge in [-0.3, -0.25) is 9.59 Å². The predicted molar refractivity (Wildman–Crippen MR) is 94.1 cm³/mol. The van der Waals surface area contributed by atoms with E-state index in [1.165, 1.54) is 0 Å². The zero-order valence-corrected chi connectivity index (χ0v) is 13.9. The minimum absolute atomic E-state index is 0.0272. The second-order valence-corrected chi connectivity index (χ2v) is 5.99. The smallest absolute Gasteiger partial charge is 0.271 e. The van der Waals surface area contributed by atoms with Gasteiger partial charge in [-0.15, -0.1) is 11.3 Å². The van der Waals surface area contributed by atoms with Crippen LogP contribution in [0, 0.1) is 6.92 Å². The van der Waals surface area contributed by atoms with Crippen LogP contribution in [-0.2, 0) is 4.79 Å². The van der Waals surface area contributed by atoms with Crippen molar-refractivity contribution in [1.29, 1.82) is 0 Å². The van der Waals surface area contributed by atoms with Crippen LogP contribution in [0.2, 0.25) is 0 Å². The molecule has 0 atom stereocenters. The lowest BCUT2D eigenvalue weighted by molar-refractivity contribution is -0.116. The monoisotopic (exact) mass is 329 g/mol. The minimum Gasteiger partial charge on any atom is -0.326 e. The van der Waals surface area contributed by atoms with Gasteiger partial charge in [0.1, 0.15) is 0 Å². The Morgan fingerprint density at radius 2 is 1.96 bits per heavy atom. The normalized spacial score (nSPS) is 10.7. The molecule has 6 heteroatoms. The van der Waals surface area contributed by atoms with Crippen LogP contribution < -0.4 is 10.7 Å². The van der Waals surface area contributed by atoms with Gasteiger partial charge in [0.2, 0.25) is 5.91 Å². The summed E-state index contributed by atoms with van der Waals surface area (Å²) in [5.74, 6) is -0.317. The highest BCUT2D eigenvalue weighted by molar-refractivity contribution is 7.11. The average Bonchev–Trinajstić information content (AvgIpc) is 2.93. The highest BCUT2D eigenvalue weighted by atomic mass is 32.1. The molecule has 0 bridgehead atoms. The summed E-state index contributed by atoms with van der Waals surface area (Å²) in [5, 5.41) is 8.72. The summed E-state index contributed by atoms with van der Waals surface area (Å²) >= 11 is 1.57. The summed E-state index contributed by atoms with van der Waals surface area (Å²) in [7, 11) is 0. The zero-order chi connectivity index (χ0) is 16.7.